The Hall–Kier alpha value is -3.65. The first kappa shape index (κ1) is 17.4. The molecule has 1 aliphatic rings. The molecule has 0 saturated carbocycles. The van der Waals surface area contributed by atoms with E-state index in [0.29, 0.717) is 42.0 Å². The zero-order chi connectivity index (χ0) is 19.8. The summed E-state index contributed by atoms with van der Waals surface area (Å²) in [6.45, 7) is 1.87. The average molecular weight is 386 g/mol. The average Bonchev–Trinajstić information content (AvgIpc) is 2.75. The standard InChI is InChI=1S/C21H18N6O2/c28-18-3-1-2-13-4-5-15(24-19(13)18)10-27-7-6-17-16(11-27)21(29)26-20(25-17)14-8-22-12-23-9-14/h1-5,8-9,12,28H,6-7,10-11H2,(H,25,26,29). The van der Waals surface area contributed by atoms with Crippen molar-refractivity contribution < 1.29 is 5.11 Å². The van der Waals surface area contributed by atoms with Crippen molar-refractivity contribution in [3.63, 3.8) is 0 Å². The third-order valence-corrected chi connectivity index (χ3v) is 5.12. The van der Waals surface area contributed by atoms with Crippen molar-refractivity contribution in [3.8, 4) is 17.1 Å². The molecular weight excluding hydrogens is 368 g/mol. The Labute approximate surface area is 165 Å². The summed E-state index contributed by atoms with van der Waals surface area (Å²) in [5.74, 6) is 0.667. The molecule has 0 bridgehead atoms. The van der Waals surface area contributed by atoms with Crippen LogP contribution in [-0.4, -0.2) is 41.5 Å². The van der Waals surface area contributed by atoms with E-state index in [0.717, 1.165) is 23.3 Å². The Bertz CT molecular complexity index is 1260. The first-order chi connectivity index (χ1) is 14.2. The molecule has 0 radical (unpaired) electrons. The number of H-pyrrole nitrogens is 1. The zero-order valence-corrected chi connectivity index (χ0v) is 15.5. The third kappa shape index (κ3) is 3.34. The van der Waals surface area contributed by atoms with Crippen LogP contribution in [0.4, 0.5) is 0 Å². The highest BCUT2D eigenvalue weighted by Crippen LogP contribution is 2.24. The molecule has 0 unspecified atom stereocenters. The number of fused-ring (bicyclic) bond motifs is 2. The molecule has 3 aromatic heterocycles. The smallest absolute Gasteiger partial charge is 0.255 e. The van der Waals surface area contributed by atoms with Crippen molar-refractivity contribution in [1.29, 1.82) is 0 Å². The van der Waals surface area contributed by atoms with Gasteiger partial charge in [-0.05, 0) is 12.1 Å². The molecule has 1 aromatic carbocycles. The summed E-state index contributed by atoms with van der Waals surface area (Å²) in [5, 5.41) is 10.9. The van der Waals surface area contributed by atoms with Gasteiger partial charge >= 0.3 is 0 Å². The number of nitrogens with one attached hydrogen (secondary N) is 1. The molecule has 0 saturated heterocycles. The lowest BCUT2D eigenvalue weighted by Gasteiger charge is -2.27. The molecule has 29 heavy (non-hydrogen) atoms. The van der Waals surface area contributed by atoms with Gasteiger partial charge in [-0.3, -0.25) is 9.69 Å². The van der Waals surface area contributed by atoms with Crippen molar-refractivity contribution in [2.45, 2.75) is 19.5 Å². The van der Waals surface area contributed by atoms with E-state index < -0.39 is 0 Å². The highest BCUT2D eigenvalue weighted by Gasteiger charge is 2.22. The van der Waals surface area contributed by atoms with Crippen molar-refractivity contribution in [2.24, 2.45) is 0 Å². The fourth-order valence-electron chi connectivity index (χ4n) is 3.66. The topological polar surface area (TPSA) is 108 Å². The number of aromatic hydroxyl groups is 1. The van der Waals surface area contributed by atoms with Crippen LogP contribution < -0.4 is 5.56 Å². The van der Waals surface area contributed by atoms with Gasteiger partial charge < -0.3 is 10.1 Å². The summed E-state index contributed by atoms with van der Waals surface area (Å²) >= 11 is 0. The SMILES string of the molecule is O=c1[nH]c(-c2cncnc2)nc2c1CN(Cc1ccc3cccc(O)c3n1)CC2. The predicted octanol–water partition coefficient (Wildman–Crippen LogP) is 2.04. The number of pyridine rings is 1. The number of rotatable bonds is 3. The number of phenols is 1. The second-order valence-electron chi connectivity index (χ2n) is 7.08. The van der Waals surface area contributed by atoms with Crippen LogP contribution in [0.3, 0.4) is 0 Å². The monoisotopic (exact) mass is 386 g/mol. The second kappa shape index (κ2) is 7.06. The van der Waals surface area contributed by atoms with E-state index in [4.69, 9.17) is 0 Å². The largest absolute Gasteiger partial charge is 0.506 e. The number of nitrogens with zero attached hydrogens (tertiary/aromatic N) is 5. The number of para-hydroxylation sites is 1. The van der Waals surface area contributed by atoms with Crippen molar-refractivity contribution in [1.82, 2.24) is 29.8 Å². The lowest BCUT2D eigenvalue weighted by Crippen LogP contribution is -2.35. The normalized spacial score (nSPS) is 14.1. The van der Waals surface area contributed by atoms with E-state index in [1.807, 2.05) is 18.2 Å². The summed E-state index contributed by atoms with van der Waals surface area (Å²) in [5.41, 5.74) is 3.49. The maximum atomic E-state index is 12.7. The maximum Gasteiger partial charge on any atom is 0.255 e. The lowest BCUT2D eigenvalue weighted by atomic mass is 10.1. The first-order valence-electron chi connectivity index (χ1n) is 9.35. The molecule has 0 aliphatic carbocycles. The number of hydrogen-bond donors (Lipinski definition) is 2. The van der Waals surface area contributed by atoms with E-state index in [2.05, 4.69) is 29.8 Å². The molecule has 0 fully saturated rings. The van der Waals surface area contributed by atoms with Crippen LogP contribution in [0.5, 0.6) is 5.75 Å². The molecule has 144 valence electrons. The van der Waals surface area contributed by atoms with Gasteiger partial charge in [0, 0.05) is 43.8 Å². The van der Waals surface area contributed by atoms with Crippen LogP contribution >= 0.6 is 0 Å². The maximum absolute atomic E-state index is 12.7. The Morgan fingerprint density at radius 3 is 2.83 bits per heavy atom. The number of phenolic OH excluding ortho intramolecular Hbond substituents is 1. The van der Waals surface area contributed by atoms with Crippen LogP contribution in [0.25, 0.3) is 22.3 Å². The molecule has 8 heteroatoms. The molecular formula is C21H18N6O2. The van der Waals surface area contributed by atoms with E-state index in [1.165, 1.54) is 6.33 Å². The first-order valence-corrected chi connectivity index (χ1v) is 9.35. The van der Waals surface area contributed by atoms with Gasteiger partial charge in [-0.1, -0.05) is 18.2 Å². The highest BCUT2D eigenvalue weighted by molar-refractivity contribution is 5.84. The summed E-state index contributed by atoms with van der Waals surface area (Å²) in [6.07, 6.45) is 5.39. The number of hydrogen-bond acceptors (Lipinski definition) is 7. The van der Waals surface area contributed by atoms with Gasteiger partial charge in [0.05, 0.1) is 22.5 Å². The molecule has 0 spiro atoms. The van der Waals surface area contributed by atoms with E-state index in [-0.39, 0.29) is 11.3 Å². The fraction of sp³-hybridized carbons (Fsp3) is 0.190. The minimum Gasteiger partial charge on any atom is -0.506 e. The van der Waals surface area contributed by atoms with E-state index in [9.17, 15) is 9.90 Å². The van der Waals surface area contributed by atoms with Crippen LogP contribution in [-0.2, 0) is 19.5 Å². The zero-order valence-electron chi connectivity index (χ0n) is 15.5. The minimum atomic E-state index is -0.136. The van der Waals surface area contributed by atoms with Crippen LogP contribution in [0.15, 0.2) is 53.8 Å². The molecule has 2 N–H and O–H groups in total. The molecule has 1 aliphatic heterocycles. The van der Waals surface area contributed by atoms with Crippen molar-refractivity contribution in [3.05, 3.63) is 76.4 Å². The fourth-order valence-corrected chi connectivity index (χ4v) is 3.66. The van der Waals surface area contributed by atoms with E-state index in [1.54, 1.807) is 24.5 Å². The molecule has 0 atom stereocenters. The summed E-state index contributed by atoms with van der Waals surface area (Å²) in [6, 6.07) is 9.27. The van der Waals surface area contributed by atoms with Gasteiger partial charge in [-0.2, -0.15) is 0 Å². The Kier molecular flexibility index (Phi) is 4.25. The molecule has 8 nitrogen and oxygen atoms in total. The van der Waals surface area contributed by atoms with Crippen LogP contribution in [0, 0.1) is 0 Å². The quantitative estimate of drug-likeness (QED) is 0.555. The lowest BCUT2D eigenvalue weighted by molar-refractivity contribution is 0.239. The molecule has 5 rings (SSSR count). The van der Waals surface area contributed by atoms with Gasteiger partial charge in [-0.15, -0.1) is 0 Å². The summed E-state index contributed by atoms with van der Waals surface area (Å²) in [7, 11) is 0. The molecule has 0 amide bonds. The third-order valence-electron chi connectivity index (χ3n) is 5.12. The minimum absolute atomic E-state index is 0.136. The van der Waals surface area contributed by atoms with Gasteiger partial charge in [0.2, 0.25) is 0 Å². The summed E-state index contributed by atoms with van der Waals surface area (Å²) in [4.78, 5) is 34.9. The van der Waals surface area contributed by atoms with Crippen LogP contribution in [0.2, 0.25) is 0 Å². The van der Waals surface area contributed by atoms with E-state index >= 15 is 0 Å². The van der Waals surface area contributed by atoms with Crippen molar-refractivity contribution in [2.75, 3.05) is 6.54 Å². The summed E-state index contributed by atoms with van der Waals surface area (Å²) < 4.78 is 0. The van der Waals surface area contributed by atoms with Crippen LogP contribution in [0.1, 0.15) is 17.0 Å². The Morgan fingerprint density at radius 2 is 1.97 bits per heavy atom. The number of benzene rings is 1. The Balaban J connectivity index is 1.40. The highest BCUT2D eigenvalue weighted by atomic mass is 16.3. The van der Waals surface area contributed by atoms with Gasteiger partial charge in [-0.25, -0.2) is 19.9 Å². The van der Waals surface area contributed by atoms with Gasteiger partial charge in [0.25, 0.3) is 5.56 Å². The number of aromatic nitrogens is 5. The molecule has 4 heterocycles. The number of aromatic amines is 1. The van der Waals surface area contributed by atoms with Gasteiger partial charge in [0.15, 0.2) is 0 Å². The van der Waals surface area contributed by atoms with Gasteiger partial charge in [0.1, 0.15) is 23.4 Å². The predicted molar refractivity (Wildman–Crippen MR) is 107 cm³/mol. The van der Waals surface area contributed by atoms with Crippen molar-refractivity contribution >= 4 is 10.9 Å². The second-order valence-corrected chi connectivity index (χ2v) is 7.08. The molecule has 4 aromatic rings. The Morgan fingerprint density at radius 1 is 1.10 bits per heavy atom.